The van der Waals surface area contributed by atoms with Crippen LogP contribution in [0.1, 0.15) is 11.1 Å². The Bertz CT molecular complexity index is 643. The first kappa shape index (κ1) is 14.0. The molecule has 0 saturated carbocycles. The number of nitrogens with two attached hydrogens (primary N) is 1. The molecule has 0 bridgehead atoms. The van der Waals surface area contributed by atoms with E-state index in [0.29, 0.717) is 9.46 Å². The van der Waals surface area contributed by atoms with Gasteiger partial charge >= 0.3 is 0 Å². The maximum Gasteiger partial charge on any atom is 0.137 e. The van der Waals surface area contributed by atoms with Crippen LogP contribution in [0, 0.1) is 12.7 Å². The van der Waals surface area contributed by atoms with Crippen molar-refractivity contribution >= 4 is 44.5 Å². The van der Waals surface area contributed by atoms with Crippen molar-refractivity contribution in [1.82, 2.24) is 0 Å². The summed E-state index contributed by atoms with van der Waals surface area (Å²) in [5.74, 6) is -0.287. The Morgan fingerprint density at radius 2 is 1.84 bits per heavy atom. The molecule has 98 valence electrons. The minimum absolute atomic E-state index is 0.287. The van der Waals surface area contributed by atoms with Crippen LogP contribution < -0.4 is 11.1 Å². The highest BCUT2D eigenvalue weighted by Crippen LogP contribution is 2.24. The smallest absolute Gasteiger partial charge is 0.137 e. The topological polar surface area (TPSA) is 38.0 Å². The van der Waals surface area contributed by atoms with Crippen molar-refractivity contribution in [1.29, 1.82) is 0 Å². The molecule has 2 rings (SSSR count). The summed E-state index contributed by atoms with van der Waals surface area (Å²) in [6.45, 7) is 1.94. The summed E-state index contributed by atoms with van der Waals surface area (Å²) in [7, 11) is 0. The average molecular weight is 339 g/mol. The molecule has 5 heteroatoms. The van der Waals surface area contributed by atoms with E-state index in [1.54, 1.807) is 12.1 Å². The maximum atomic E-state index is 13.1. The van der Waals surface area contributed by atoms with Crippen LogP contribution in [0.15, 0.2) is 40.9 Å². The highest BCUT2D eigenvalue weighted by molar-refractivity contribution is 9.10. The summed E-state index contributed by atoms with van der Waals surface area (Å²) in [6.07, 6.45) is 0. The third-order valence-electron chi connectivity index (χ3n) is 2.70. The molecular formula is C14H12BrFN2S. The van der Waals surface area contributed by atoms with Gasteiger partial charge in [-0.3, -0.25) is 0 Å². The van der Waals surface area contributed by atoms with Gasteiger partial charge < -0.3 is 11.1 Å². The van der Waals surface area contributed by atoms with Gasteiger partial charge in [-0.1, -0.05) is 12.2 Å². The number of benzene rings is 2. The Labute approximate surface area is 124 Å². The lowest BCUT2D eigenvalue weighted by atomic mass is 10.1. The molecule has 0 aliphatic carbocycles. The summed E-state index contributed by atoms with van der Waals surface area (Å²) in [5, 5.41) is 3.20. The molecule has 0 aliphatic heterocycles. The number of rotatable bonds is 3. The minimum atomic E-state index is -0.287. The summed E-state index contributed by atoms with van der Waals surface area (Å²) >= 11 is 8.12. The minimum Gasteiger partial charge on any atom is -0.389 e. The molecule has 19 heavy (non-hydrogen) atoms. The third-order valence-corrected chi connectivity index (χ3v) is 3.53. The van der Waals surface area contributed by atoms with E-state index in [4.69, 9.17) is 18.0 Å². The Balaban J connectivity index is 2.26. The van der Waals surface area contributed by atoms with Gasteiger partial charge in [0.05, 0.1) is 4.47 Å². The van der Waals surface area contributed by atoms with E-state index < -0.39 is 0 Å². The van der Waals surface area contributed by atoms with Crippen LogP contribution in [0.4, 0.5) is 15.8 Å². The first-order valence-electron chi connectivity index (χ1n) is 5.60. The maximum absolute atomic E-state index is 13.1. The monoisotopic (exact) mass is 338 g/mol. The predicted octanol–water partition coefficient (Wildman–Crippen LogP) is 4.27. The molecule has 2 aromatic carbocycles. The SMILES string of the molecule is Cc1cc(Nc2ccc(F)c(Br)c2)ccc1C(N)=S. The number of anilines is 2. The van der Waals surface area contributed by atoms with Crippen LogP contribution >= 0.6 is 28.1 Å². The lowest BCUT2D eigenvalue weighted by Gasteiger charge is -2.10. The number of hydrogen-bond donors (Lipinski definition) is 2. The van der Waals surface area contributed by atoms with Gasteiger partial charge in [0.25, 0.3) is 0 Å². The fourth-order valence-electron chi connectivity index (χ4n) is 1.76. The molecule has 0 spiro atoms. The first-order valence-corrected chi connectivity index (χ1v) is 6.80. The Hall–Kier alpha value is -1.46. The van der Waals surface area contributed by atoms with E-state index in [1.165, 1.54) is 6.07 Å². The van der Waals surface area contributed by atoms with Crippen LogP contribution in [0.5, 0.6) is 0 Å². The van der Waals surface area contributed by atoms with E-state index in [2.05, 4.69) is 21.2 Å². The van der Waals surface area contributed by atoms with Crippen LogP contribution in [0.3, 0.4) is 0 Å². The van der Waals surface area contributed by atoms with E-state index in [-0.39, 0.29) is 5.82 Å². The number of nitrogens with one attached hydrogen (secondary N) is 1. The van der Waals surface area contributed by atoms with Gasteiger partial charge in [-0.25, -0.2) is 4.39 Å². The van der Waals surface area contributed by atoms with Crippen LogP contribution in [-0.4, -0.2) is 4.99 Å². The molecule has 0 saturated heterocycles. The van der Waals surface area contributed by atoms with Crippen molar-refractivity contribution in [2.24, 2.45) is 5.73 Å². The molecule has 0 radical (unpaired) electrons. The molecule has 0 aliphatic rings. The molecule has 0 heterocycles. The fourth-order valence-corrected chi connectivity index (χ4v) is 2.37. The van der Waals surface area contributed by atoms with Crippen molar-refractivity contribution < 1.29 is 4.39 Å². The van der Waals surface area contributed by atoms with Gasteiger partial charge in [0.15, 0.2) is 0 Å². The van der Waals surface area contributed by atoms with Crippen molar-refractivity contribution in [2.75, 3.05) is 5.32 Å². The summed E-state index contributed by atoms with van der Waals surface area (Å²) in [6, 6.07) is 10.5. The molecular weight excluding hydrogens is 327 g/mol. The van der Waals surface area contributed by atoms with E-state index in [0.717, 1.165) is 22.5 Å². The lowest BCUT2D eigenvalue weighted by Crippen LogP contribution is -2.11. The molecule has 2 nitrogen and oxygen atoms in total. The largest absolute Gasteiger partial charge is 0.389 e. The molecule has 0 aromatic heterocycles. The van der Waals surface area contributed by atoms with Crippen LogP contribution in [0.25, 0.3) is 0 Å². The van der Waals surface area contributed by atoms with Crippen molar-refractivity contribution in [3.63, 3.8) is 0 Å². The zero-order chi connectivity index (χ0) is 14.0. The zero-order valence-corrected chi connectivity index (χ0v) is 12.6. The second-order valence-electron chi connectivity index (χ2n) is 4.15. The van der Waals surface area contributed by atoms with E-state index in [9.17, 15) is 4.39 Å². The summed E-state index contributed by atoms with van der Waals surface area (Å²) in [4.78, 5) is 0.383. The zero-order valence-electron chi connectivity index (χ0n) is 10.2. The van der Waals surface area contributed by atoms with E-state index >= 15 is 0 Å². The highest BCUT2D eigenvalue weighted by atomic mass is 79.9. The van der Waals surface area contributed by atoms with Crippen LogP contribution in [0.2, 0.25) is 0 Å². The third kappa shape index (κ3) is 3.30. The molecule has 0 atom stereocenters. The van der Waals surface area contributed by atoms with Crippen molar-refractivity contribution in [3.8, 4) is 0 Å². The highest BCUT2D eigenvalue weighted by Gasteiger charge is 2.04. The normalized spacial score (nSPS) is 10.3. The second kappa shape index (κ2) is 5.67. The standard InChI is InChI=1S/C14H12BrFN2S/c1-8-6-9(2-4-11(8)14(17)19)18-10-3-5-13(16)12(15)7-10/h2-7,18H,1H3,(H2,17,19). The van der Waals surface area contributed by atoms with Crippen molar-refractivity contribution in [3.05, 3.63) is 57.8 Å². The molecule has 0 amide bonds. The molecule has 2 aromatic rings. The fraction of sp³-hybridized carbons (Fsp3) is 0.0714. The van der Waals surface area contributed by atoms with Gasteiger partial charge in [0.1, 0.15) is 10.8 Å². The molecule has 3 N–H and O–H groups in total. The second-order valence-corrected chi connectivity index (χ2v) is 5.44. The Kier molecular flexibility index (Phi) is 4.17. The number of halogens is 2. The Morgan fingerprint density at radius 1 is 1.21 bits per heavy atom. The van der Waals surface area contributed by atoms with Gasteiger partial charge in [-0.05, 0) is 64.8 Å². The van der Waals surface area contributed by atoms with Gasteiger partial charge in [0.2, 0.25) is 0 Å². The molecule has 0 fully saturated rings. The quantitative estimate of drug-likeness (QED) is 0.820. The number of aryl methyl sites for hydroxylation is 1. The summed E-state index contributed by atoms with van der Waals surface area (Å²) in [5.41, 5.74) is 9.18. The van der Waals surface area contributed by atoms with Gasteiger partial charge in [-0.15, -0.1) is 0 Å². The van der Waals surface area contributed by atoms with Crippen molar-refractivity contribution in [2.45, 2.75) is 6.92 Å². The average Bonchev–Trinajstić information content (AvgIpc) is 2.33. The van der Waals surface area contributed by atoms with Crippen LogP contribution in [-0.2, 0) is 0 Å². The van der Waals surface area contributed by atoms with E-state index in [1.807, 2.05) is 25.1 Å². The number of hydrogen-bond acceptors (Lipinski definition) is 2. The molecule has 0 unspecified atom stereocenters. The lowest BCUT2D eigenvalue weighted by molar-refractivity contribution is 0.621. The van der Waals surface area contributed by atoms with Gasteiger partial charge in [-0.2, -0.15) is 0 Å². The summed E-state index contributed by atoms with van der Waals surface area (Å²) < 4.78 is 13.6. The number of thiocarbonyl (C=S) groups is 1. The Morgan fingerprint density at radius 3 is 2.42 bits per heavy atom. The van der Waals surface area contributed by atoms with Gasteiger partial charge in [0, 0.05) is 16.9 Å². The first-order chi connectivity index (χ1) is 8.97. The predicted molar refractivity (Wildman–Crippen MR) is 84.4 cm³/mol.